The molecule has 0 aliphatic heterocycles. The first-order chi connectivity index (χ1) is 6.59. The van der Waals surface area contributed by atoms with Crippen LogP contribution in [-0.2, 0) is 7.05 Å². The van der Waals surface area contributed by atoms with E-state index in [9.17, 15) is 5.11 Å². The van der Waals surface area contributed by atoms with Crippen molar-refractivity contribution in [2.75, 3.05) is 0 Å². The van der Waals surface area contributed by atoms with Crippen LogP contribution in [0.5, 0.6) is 0 Å². The summed E-state index contributed by atoms with van der Waals surface area (Å²) in [6.45, 7) is 4.41. The molecule has 0 fully saturated rings. The molecule has 14 heavy (non-hydrogen) atoms. The SMILES string of the molecule is CC(C)CCCC(O)c1cnn(C)c1. The highest BCUT2D eigenvalue weighted by atomic mass is 16.3. The quantitative estimate of drug-likeness (QED) is 0.784. The van der Waals surface area contributed by atoms with Crippen LogP contribution >= 0.6 is 0 Å². The molecular weight excluding hydrogens is 176 g/mol. The normalized spacial score (nSPS) is 13.5. The maximum absolute atomic E-state index is 9.79. The standard InChI is InChI=1S/C11H20N2O/c1-9(2)5-4-6-11(14)10-7-12-13(3)8-10/h7-9,11,14H,4-6H2,1-3H3. The first kappa shape index (κ1) is 11.2. The summed E-state index contributed by atoms with van der Waals surface area (Å²) in [5.41, 5.74) is 0.927. The van der Waals surface area contributed by atoms with Gasteiger partial charge in [0.2, 0.25) is 0 Å². The van der Waals surface area contributed by atoms with Crippen LogP contribution in [0.15, 0.2) is 12.4 Å². The largest absolute Gasteiger partial charge is 0.388 e. The summed E-state index contributed by atoms with van der Waals surface area (Å²) in [5.74, 6) is 0.719. The van der Waals surface area contributed by atoms with Gasteiger partial charge in [-0.25, -0.2) is 0 Å². The molecule has 0 aliphatic carbocycles. The van der Waals surface area contributed by atoms with Crippen molar-refractivity contribution >= 4 is 0 Å². The van der Waals surface area contributed by atoms with Gasteiger partial charge in [0.15, 0.2) is 0 Å². The molecule has 0 bridgehead atoms. The lowest BCUT2D eigenvalue weighted by atomic mass is 10.0. The number of aliphatic hydroxyl groups excluding tert-OH is 1. The number of hydrogen-bond acceptors (Lipinski definition) is 2. The highest BCUT2D eigenvalue weighted by molar-refractivity contribution is 5.07. The van der Waals surface area contributed by atoms with E-state index in [4.69, 9.17) is 0 Å². The topological polar surface area (TPSA) is 38.1 Å². The average molecular weight is 196 g/mol. The van der Waals surface area contributed by atoms with Crippen LogP contribution in [-0.4, -0.2) is 14.9 Å². The Labute approximate surface area is 85.8 Å². The first-order valence-corrected chi connectivity index (χ1v) is 5.26. The molecule has 1 N–H and O–H groups in total. The van der Waals surface area contributed by atoms with E-state index >= 15 is 0 Å². The molecule has 1 aromatic heterocycles. The minimum absolute atomic E-state index is 0.345. The van der Waals surface area contributed by atoms with Crippen LogP contribution in [0, 0.1) is 5.92 Å². The third-order valence-electron chi connectivity index (χ3n) is 2.37. The van der Waals surface area contributed by atoms with Crippen LogP contribution in [0.2, 0.25) is 0 Å². The number of aliphatic hydroxyl groups is 1. The Kier molecular flexibility index (Phi) is 4.14. The summed E-state index contributed by atoms with van der Waals surface area (Å²) in [6.07, 6.45) is 6.36. The second kappa shape index (κ2) is 5.15. The third-order valence-corrected chi connectivity index (χ3v) is 2.37. The lowest BCUT2D eigenvalue weighted by Crippen LogP contribution is -1.97. The van der Waals surface area contributed by atoms with E-state index in [1.807, 2.05) is 13.2 Å². The van der Waals surface area contributed by atoms with Gasteiger partial charge in [-0.05, 0) is 12.3 Å². The summed E-state index contributed by atoms with van der Waals surface area (Å²) in [7, 11) is 1.87. The van der Waals surface area contributed by atoms with Crippen LogP contribution in [0.3, 0.4) is 0 Å². The number of nitrogens with zero attached hydrogens (tertiary/aromatic N) is 2. The molecule has 1 rings (SSSR count). The smallest absolute Gasteiger partial charge is 0.0820 e. The van der Waals surface area contributed by atoms with Crippen LogP contribution in [0.25, 0.3) is 0 Å². The molecule has 0 aliphatic rings. The Morgan fingerprint density at radius 2 is 2.14 bits per heavy atom. The molecular formula is C11H20N2O. The van der Waals surface area contributed by atoms with Gasteiger partial charge in [-0.2, -0.15) is 5.10 Å². The zero-order chi connectivity index (χ0) is 10.6. The minimum Gasteiger partial charge on any atom is -0.388 e. The van der Waals surface area contributed by atoms with Gasteiger partial charge in [-0.1, -0.05) is 26.7 Å². The van der Waals surface area contributed by atoms with Crippen LogP contribution in [0.4, 0.5) is 0 Å². The second-order valence-corrected chi connectivity index (χ2v) is 4.29. The fraction of sp³-hybridized carbons (Fsp3) is 0.727. The van der Waals surface area contributed by atoms with Crippen molar-refractivity contribution in [2.24, 2.45) is 13.0 Å². The van der Waals surface area contributed by atoms with E-state index in [2.05, 4.69) is 18.9 Å². The minimum atomic E-state index is -0.345. The molecule has 80 valence electrons. The maximum atomic E-state index is 9.79. The summed E-state index contributed by atoms with van der Waals surface area (Å²) in [6, 6.07) is 0. The van der Waals surface area contributed by atoms with Crippen molar-refractivity contribution in [3.05, 3.63) is 18.0 Å². The van der Waals surface area contributed by atoms with Gasteiger partial charge in [0.1, 0.15) is 0 Å². The fourth-order valence-corrected chi connectivity index (χ4v) is 1.50. The van der Waals surface area contributed by atoms with Crippen molar-refractivity contribution in [1.82, 2.24) is 9.78 Å². The van der Waals surface area contributed by atoms with Gasteiger partial charge >= 0.3 is 0 Å². The Bertz CT molecular complexity index is 268. The predicted molar refractivity (Wildman–Crippen MR) is 56.9 cm³/mol. The maximum Gasteiger partial charge on any atom is 0.0820 e. The molecule has 1 aromatic rings. The summed E-state index contributed by atoms with van der Waals surface area (Å²) in [5, 5.41) is 13.8. The van der Waals surface area contributed by atoms with Crippen LogP contribution < -0.4 is 0 Å². The summed E-state index contributed by atoms with van der Waals surface area (Å²) < 4.78 is 1.72. The Hall–Kier alpha value is -0.830. The number of aryl methyl sites for hydroxylation is 1. The fourth-order valence-electron chi connectivity index (χ4n) is 1.50. The monoisotopic (exact) mass is 196 g/mol. The second-order valence-electron chi connectivity index (χ2n) is 4.29. The Morgan fingerprint density at radius 3 is 2.64 bits per heavy atom. The van der Waals surface area contributed by atoms with Gasteiger partial charge < -0.3 is 5.11 Å². The molecule has 1 heterocycles. The van der Waals surface area contributed by atoms with Crippen molar-refractivity contribution in [1.29, 1.82) is 0 Å². The first-order valence-electron chi connectivity index (χ1n) is 5.26. The number of rotatable bonds is 5. The van der Waals surface area contributed by atoms with Crippen molar-refractivity contribution < 1.29 is 5.11 Å². The Morgan fingerprint density at radius 1 is 1.43 bits per heavy atom. The lowest BCUT2D eigenvalue weighted by Gasteiger charge is -2.09. The van der Waals surface area contributed by atoms with E-state index in [1.54, 1.807) is 10.9 Å². The molecule has 0 radical (unpaired) electrons. The van der Waals surface area contributed by atoms with Crippen LogP contribution in [0.1, 0.15) is 44.8 Å². The summed E-state index contributed by atoms with van der Waals surface area (Å²) >= 11 is 0. The van der Waals surface area contributed by atoms with Gasteiger partial charge in [-0.15, -0.1) is 0 Å². The van der Waals surface area contributed by atoms with Crippen molar-refractivity contribution in [2.45, 2.75) is 39.2 Å². The molecule has 1 atom stereocenters. The number of aromatic nitrogens is 2. The molecule has 0 saturated carbocycles. The van der Waals surface area contributed by atoms with E-state index in [0.717, 1.165) is 24.3 Å². The molecule has 3 nitrogen and oxygen atoms in total. The molecule has 3 heteroatoms. The Balaban J connectivity index is 2.32. The highest BCUT2D eigenvalue weighted by Crippen LogP contribution is 2.19. The highest BCUT2D eigenvalue weighted by Gasteiger charge is 2.09. The van der Waals surface area contributed by atoms with E-state index in [-0.39, 0.29) is 6.10 Å². The van der Waals surface area contributed by atoms with Gasteiger partial charge in [0.05, 0.1) is 12.3 Å². The molecule has 0 amide bonds. The van der Waals surface area contributed by atoms with Gasteiger partial charge in [0.25, 0.3) is 0 Å². The van der Waals surface area contributed by atoms with Crippen molar-refractivity contribution in [3.8, 4) is 0 Å². The molecule has 0 saturated heterocycles. The van der Waals surface area contributed by atoms with Gasteiger partial charge in [-0.3, -0.25) is 4.68 Å². The molecule has 0 spiro atoms. The van der Waals surface area contributed by atoms with E-state index in [0.29, 0.717) is 0 Å². The summed E-state index contributed by atoms with van der Waals surface area (Å²) in [4.78, 5) is 0. The zero-order valence-electron chi connectivity index (χ0n) is 9.27. The lowest BCUT2D eigenvalue weighted by molar-refractivity contribution is 0.162. The third kappa shape index (κ3) is 3.50. The van der Waals surface area contributed by atoms with Gasteiger partial charge in [0, 0.05) is 18.8 Å². The predicted octanol–water partition coefficient (Wildman–Crippen LogP) is 2.28. The average Bonchev–Trinajstić information content (AvgIpc) is 2.51. The zero-order valence-corrected chi connectivity index (χ0v) is 9.27. The van der Waals surface area contributed by atoms with Crippen molar-refractivity contribution in [3.63, 3.8) is 0 Å². The molecule has 0 aromatic carbocycles. The van der Waals surface area contributed by atoms with E-state index in [1.165, 1.54) is 6.42 Å². The van der Waals surface area contributed by atoms with E-state index < -0.39 is 0 Å². The number of hydrogen-bond donors (Lipinski definition) is 1. The molecule has 1 unspecified atom stereocenters.